The summed E-state index contributed by atoms with van der Waals surface area (Å²) >= 11 is 5.85. The summed E-state index contributed by atoms with van der Waals surface area (Å²) < 4.78 is 0. The van der Waals surface area contributed by atoms with Crippen molar-refractivity contribution in [2.75, 3.05) is 12.4 Å². The van der Waals surface area contributed by atoms with Crippen LogP contribution in [0, 0.1) is 6.92 Å². The van der Waals surface area contributed by atoms with E-state index in [2.05, 4.69) is 15.3 Å². The molecule has 0 bridgehead atoms. The fraction of sp³-hybridized carbons (Fsp3) is 0.231. The lowest BCUT2D eigenvalue weighted by atomic mass is 10.1. The number of rotatable bonds is 3. The molecule has 2 aromatic rings. The van der Waals surface area contributed by atoms with Crippen molar-refractivity contribution in [3.05, 3.63) is 52.4 Å². The Labute approximate surface area is 106 Å². The minimum absolute atomic E-state index is 0.716. The molecule has 0 aliphatic carbocycles. The van der Waals surface area contributed by atoms with Crippen LogP contribution in [0.5, 0.6) is 0 Å². The van der Waals surface area contributed by atoms with Gasteiger partial charge in [-0.1, -0.05) is 23.7 Å². The van der Waals surface area contributed by atoms with Gasteiger partial charge in [-0.05, 0) is 24.6 Å². The first-order valence-electron chi connectivity index (χ1n) is 5.44. The predicted molar refractivity (Wildman–Crippen MR) is 70.6 cm³/mol. The molecule has 0 aliphatic rings. The SMILES string of the molecule is CNc1cc(C)nc(Cc2ccc(Cl)cc2)n1. The molecule has 17 heavy (non-hydrogen) atoms. The molecule has 1 N–H and O–H groups in total. The van der Waals surface area contributed by atoms with E-state index in [1.165, 1.54) is 0 Å². The summed E-state index contributed by atoms with van der Waals surface area (Å²) in [6.07, 6.45) is 0.716. The quantitative estimate of drug-likeness (QED) is 0.906. The summed E-state index contributed by atoms with van der Waals surface area (Å²) in [5.41, 5.74) is 2.12. The van der Waals surface area contributed by atoms with E-state index in [1.54, 1.807) is 0 Å². The highest BCUT2D eigenvalue weighted by Crippen LogP contribution is 2.13. The number of hydrogen-bond acceptors (Lipinski definition) is 3. The highest BCUT2D eigenvalue weighted by atomic mass is 35.5. The first-order valence-corrected chi connectivity index (χ1v) is 5.82. The predicted octanol–water partition coefficient (Wildman–Crippen LogP) is 3.07. The number of aryl methyl sites for hydroxylation is 1. The van der Waals surface area contributed by atoms with Crippen LogP contribution in [-0.4, -0.2) is 17.0 Å². The number of aromatic nitrogens is 2. The molecular formula is C13H14ClN3. The molecule has 1 heterocycles. The maximum Gasteiger partial charge on any atom is 0.135 e. The second-order valence-corrected chi connectivity index (χ2v) is 4.30. The summed E-state index contributed by atoms with van der Waals surface area (Å²) in [7, 11) is 1.86. The van der Waals surface area contributed by atoms with Gasteiger partial charge in [-0.3, -0.25) is 0 Å². The molecule has 0 saturated heterocycles. The highest BCUT2D eigenvalue weighted by Gasteiger charge is 2.02. The molecule has 4 heteroatoms. The molecule has 0 aliphatic heterocycles. The van der Waals surface area contributed by atoms with Gasteiger partial charge in [-0.15, -0.1) is 0 Å². The van der Waals surface area contributed by atoms with Gasteiger partial charge in [-0.25, -0.2) is 9.97 Å². The maximum atomic E-state index is 5.85. The van der Waals surface area contributed by atoms with Gasteiger partial charge in [-0.2, -0.15) is 0 Å². The molecule has 0 radical (unpaired) electrons. The van der Waals surface area contributed by atoms with E-state index in [-0.39, 0.29) is 0 Å². The lowest BCUT2D eigenvalue weighted by molar-refractivity contribution is 0.944. The van der Waals surface area contributed by atoms with Gasteiger partial charge in [0.15, 0.2) is 0 Å². The minimum Gasteiger partial charge on any atom is -0.373 e. The Kier molecular flexibility index (Phi) is 3.59. The van der Waals surface area contributed by atoms with Crippen molar-refractivity contribution in [3.63, 3.8) is 0 Å². The number of halogens is 1. The molecule has 1 aromatic carbocycles. The van der Waals surface area contributed by atoms with Crippen LogP contribution in [0.2, 0.25) is 5.02 Å². The summed E-state index contributed by atoms with van der Waals surface area (Å²) in [5, 5.41) is 3.78. The van der Waals surface area contributed by atoms with Gasteiger partial charge in [0.2, 0.25) is 0 Å². The largest absolute Gasteiger partial charge is 0.373 e. The first kappa shape index (κ1) is 11.9. The van der Waals surface area contributed by atoms with Crippen LogP contribution in [0.1, 0.15) is 17.1 Å². The number of nitrogens with zero attached hydrogens (tertiary/aromatic N) is 2. The zero-order chi connectivity index (χ0) is 12.3. The van der Waals surface area contributed by atoms with Crippen LogP contribution in [-0.2, 0) is 6.42 Å². The van der Waals surface area contributed by atoms with E-state index in [9.17, 15) is 0 Å². The number of nitrogens with one attached hydrogen (secondary N) is 1. The normalized spacial score (nSPS) is 10.3. The topological polar surface area (TPSA) is 37.8 Å². The summed E-state index contributed by atoms with van der Waals surface area (Å²) in [6, 6.07) is 9.67. The third-order valence-electron chi connectivity index (χ3n) is 2.43. The van der Waals surface area contributed by atoms with Crippen LogP contribution in [0.4, 0.5) is 5.82 Å². The van der Waals surface area contributed by atoms with Crippen LogP contribution >= 0.6 is 11.6 Å². The van der Waals surface area contributed by atoms with E-state index >= 15 is 0 Å². The second kappa shape index (κ2) is 5.15. The van der Waals surface area contributed by atoms with Gasteiger partial charge in [0.05, 0.1) is 0 Å². The molecule has 0 unspecified atom stereocenters. The van der Waals surface area contributed by atoms with E-state index in [0.29, 0.717) is 6.42 Å². The third-order valence-corrected chi connectivity index (χ3v) is 2.68. The van der Waals surface area contributed by atoms with Gasteiger partial charge in [0.25, 0.3) is 0 Å². The highest BCUT2D eigenvalue weighted by molar-refractivity contribution is 6.30. The number of benzene rings is 1. The fourth-order valence-electron chi connectivity index (χ4n) is 1.62. The van der Waals surface area contributed by atoms with E-state index in [0.717, 1.165) is 27.9 Å². The van der Waals surface area contributed by atoms with Gasteiger partial charge < -0.3 is 5.32 Å². The van der Waals surface area contributed by atoms with Crippen molar-refractivity contribution in [1.82, 2.24) is 9.97 Å². The Bertz CT molecular complexity index is 509. The first-order chi connectivity index (χ1) is 8.17. The molecule has 0 atom stereocenters. The number of anilines is 1. The molecule has 0 amide bonds. The van der Waals surface area contributed by atoms with Crippen LogP contribution < -0.4 is 5.32 Å². The second-order valence-electron chi connectivity index (χ2n) is 3.86. The molecule has 0 saturated carbocycles. The molecule has 1 aromatic heterocycles. The zero-order valence-corrected chi connectivity index (χ0v) is 10.6. The molecular weight excluding hydrogens is 234 g/mol. The average molecular weight is 248 g/mol. The lowest BCUT2D eigenvalue weighted by Gasteiger charge is -2.05. The maximum absolute atomic E-state index is 5.85. The molecule has 88 valence electrons. The van der Waals surface area contributed by atoms with Crippen LogP contribution in [0.3, 0.4) is 0 Å². The third kappa shape index (κ3) is 3.17. The Hall–Kier alpha value is -1.61. The van der Waals surface area contributed by atoms with Crippen molar-refractivity contribution in [1.29, 1.82) is 0 Å². The minimum atomic E-state index is 0.716. The van der Waals surface area contributed by atoms with Gasteiger partial charge in [0.1, 0.15) is 11.6 Å². The monoisotopic (exact) mass is 247 g/mol. The summed E-state index contributed by atoms with van der Waals surface area (Å²) in [6.45, 7) is 1.97. The smallest absolute Gasteiger partial charge is 0.135 e. The Morgan fingerprint density at radius 3 is 2.53 bits per heavy atom. The van der Waals surface area contributed by atoms with Crippen molar-refractivity contribution >= 4 is 17.4 Å². The van der Waals surface area contributed by atoms with Crippen LogP contribution in [0.25, 0.3) is 0 Å². The van der Waals surface area contributed by atoms with Crippen LogP contribution in [0.15, 0.2) is 30.3 Å². The standard InChI is InChI=1S/C13H14ClN3/c1-9-7-12(15-2)17-13(16-9)8-10-3-5-11(14)6-4-10/h3-7H,8H2,1-2H3,(H,15,16,17). The molecule has 3 nitrogen and oxygen atoms in total. The van der Waals surface area contributed by atoms with E-state index in [1.807, 2.05) is 44.3 Å². The average Bonchev–Trinajstić information content (AvgIpc) is 2.31. The van der Waals surface area contributed by atoms with E-state index < -0.39 is 0 Å². The Balaban J connectivity index is 2.23. The van der Waals surface area contributed by atoms with E-state index in [4.69, 9.17) is 11.6 Å². The Morgan fingerprint density at radius 1 is 1.18 bits per heavy atom. The summed E-state index contributed by atoms with van der Waals surface area (Å²) in [5.74, 6) is 1.66. The van der Waals surface area contributed by atoms with Crippen molar-refractivity contribution < 1.29 is 0 Å². The fourth-order valence-corrected chi connectivity index (χ4v) is 1.75. The summed E-state index contributed by atoms with van der Waals surface area (Å²) in [4.78, 5) is 8.83. The molecule has 0 fully saturated rings. The van der Waals surface area contributed by atoms with Gasteiger partial charge >= 0.3 is 0 Å². The molecule has 0 spiro atoms. The zero-order valence-electron chi connectivity index (χ0n) is 9.87. The number of hydrogen-bond donors (Lipinski definition) is 1. The van der Waals surface area contributed by atoms with Gasteiger partial charge in [0, 0.05) is 30.3 Å². The van der Waals surface area contributed by atoms with Crippen molar-refractivity contribution in [3.8, 4) is 0 Å². The lowest BCUT2D eigenvalue weighted by Crippen LogP contribution is -2.02. The Morgan fingerprint density at radius 2 is 1.88 bits per heavy atom. The molecule has 2 rings (SSSR count). The van der Waals surface area contributed by atoms with Crippen molar-refractivity contribution in [2.24, 2.45) is 0 Å². The van der Waals surface area contributed by atoms with Crippen molar-refractivity contribution in [2.45, 2.75) is 13.3 Å².